The molecule has 0 bridgehead atoms. The van der Waals surface area contributed by atoms with Crippen molar-refractivity contribution >= 4 is 44.1 Å². The Morgan fingerprint density at radius 2 is 1.81 bits per heavy atom. The van der Waals surface area contributed by atoms with Gasteiger partial charge in [0.2, 0.25) is 0 Å². The van der Waals surface area contributed by atoms with E-state index in [1.165, 1.54) is 0 Å². The lowest BCUT2D eigenvalue weighted by Gasteiger charge is -2.08. The SMILES string of the molecule is CC(Cl)C(=O)c1ccc(Br)c2ccccc12. The van der Waals surface area contributed by atoms with Crippen LogP contribution < -0.4 is 0 Å². The van der Waals surface area contributed by atoms with Crippen LogP contribution >= 0.6 is 27.5 Å². The fraction of sp³-hybridized carbons (Fsp3) is 0.154. The Morgan fingerprint density at radius 1 is 1.19 bits per heavy atom. The summed E-state index contributed by atoms with van der Waals surface area (Å²) < 4.78 is 0.988. The lowest BCUT2D eigenvalue weighted by atomic mass is 10.0. The zero-order valence-electron chi connectivity index (χ0n) is 8.71. The normalized spacial score (nSPS) is 12.7. The molecule has 0 aliphatic carbocycles. The summed E-state index contributed by atoms with van der Waals surface area (Å²) >= 11 is 9.31. The van der Waals surface area contributed by atoms with Crippen molar-refractivity contribution in [1.82, 2.24) is 0 Å². The minimum absolute atomic E-state index is 0.0367. The Kier molecular flexibility index (Phi) is 3.31. The molecule has 0 aliphatic rings. The number of carbonyl (C=O) groups is 1. The molecule has 0 saturated heterocycles. The van der Waals surface area contributed by atoms with E-state index in [9.17, 15) is 4.79 Å². The van der Waals surface area contributed by atoms with E-state index in [-0.39, 0.29) is 5.78 Å². The maximum absolute atomic E-state index is 11.9. The van der Waals surface area contributed by atoms with Gasteiger partial charge in [-0.3, -0.25) is 4.79 Å². The van der Waals surface area contributed by atoms with E-state index in [2.05, 4.69) is 15.9 Å². The summed E-state index contributed by atoms with van der Waals surface area (Å²) in [6.45, 7) is 1.70. The van der Waals surface area contributed by atoms with E-state index in [1.54, 1.807) is 6.92 Å². The van der Waals surface area contributed by atoms with Crippen LogP contribution in [0.15, 0.2) is 40.9 Å². The molecule has 0 aliphatic heterocycles. The summed E-state index contributed by atoms with van der Waals surface area (Å²) in [5.41, 5.74) is 0.682. The zero-order chi connectivity index (χ0) is 11.7. The van der Waals surface area contributed by atoms with Crippen molar-refractivity contribution in [2.45, 2.75) is 12.3 Å². The quantitative estimate of drug-likeness (QED) is 0.592. The van der Waals surface area contributed by atoms with Crippen molar-refractivity contribution in [3.05, 3.63) is 46.4 Å². The van der Waals surface area contributed by atoms with Crippen LogP contribution in [0.1, 0.15) is 17.3 Å². The highest BCUT2D eigenvalue weighted by molar-refractivity contribution is 9.10. The van der Waals surface area contributed by atoms with Crippen LogP contribution in [0.3, 0.4) is 0 Å². The molecule has 0 radical (unpaired) electrons. The molecule has 1 atom stereocenters. The Balaban J connectivity index is 2.72. The van der Waals surface area contributed by atoms with Crippen LogP contribution in [0.2, 0.25) is 0 Å². The van der Waals surface area contributed by atoms with E-state index in [0.717, 1.165) is 15.2 Å². The molecule has 16 heavy (non-hydrogen) atoms. The van der Waals surface area contributed by atoms with Gasteiger partial charge in [-0.05, 0) is 29.8 Å². The fourth-order valence-corrected chi connectivity index (χ4v) is 2.29. The molecule has 0 spiro atoms. The summed E-state index contributed by atoms with van der Waals surface area (Å²) in [6, 6.07) is 11.5. The van der Waals surface area contributed by atoms with Crippen LogP contribution in [-0.4, -0.2) is 11.2 Å². The Bertz CT molecular complexity index is 549. The first-order chi connectivity index (χ1) is 7.61. The standard InChI is InChI=1S/C13H10BrClO/c1-8(15)13(16)11-6-7-12(14)10-5-3-2-4-9(10)11/h2-8H,1H3. The predicted molar refractivity (Wildman–Crippen MR) is 71.3 cm³/mol. The number of halogens is 2. The molecule has 1 nitrogen and oxygen atoms in total. The molecule has 0 aromatic heterocycles. The number of alkyl halides is 1. The van der Waals surface area contributed by atoms with Crippen LogP contribution in [0.4, 0.5) is 0 Å². The lowest BCUT2D eigenvalue weighted by molar-refractivity contribution is 0.0993. The van der Waals surface area contributed by atoms with Crippen LogP contribution in [0, 0.1) is 0 Å². The number of Topliss-reactive ketones (excluding diaryl/α,β-unsaturated/α-hetero) is 1. The minimum atomic E-state index is -0.496. The highest BCUT2D eigenvalue weighted by atomic mass is 79.9. The van der Waals surface area contributed by atoms with Crippen LogP contribution in [0.25, 0.3) is 10.8 Å². The second-order valence-electron chi connectivity index (χ2n) is 3.62. The van der Waals surface area contributed by atoms with Crippen molar-refractivity contribution in [3.63, 3.8) is 0 Å². The molecule has 2 aromatic rings. The Labute approximate surface area is 108 Å². The first-order valence-corrected chi connectivity index (χ1v) is 6.19. The average Bonchev–Trinajstić information content (AvgIpc) is 2.29. The van der Waals surface area contributed by atoms with Gasteiger partial charge in [-0.25, -0.2) is 0 Å². The molecule has 2 rings (SSSR count). The van der Waals surface area contributed by atoms with E-state index in [4.69, 9.17) is 11.6 Å². The summed E-state index contributed by atoms with van der Waals surface area (Å²) in [6.07, 6.45) is 0. The molecule has 1 unspecified atom stereocenters. The molecule has 0 N–H and O–H groups in total. The first kappa shape index (κ1) is 11.6. The average molecular weight is 298 g/mol. The van der Waals surface area contributed by atoms with E-state index in [1.807, 2.05) is 36.4 Å². The predicted octanol–water partition coefficient (Wildman–Crippen LogP) is 4.41. The Morgan fingerprint density at radius 3 is 2.44 bits per heavy atom. The number of rotatable bonds is 2. The topological polar surface area (TPSA) is 17.1 Å². The van der Waals surface area contributed by atoms with Gasteiger partial charge >= 0.3 is 0 Å². The van der Waals surface area contributed by atoms with Gasteiger partial charge in [0.05, 0.1) is 5.38 Å². The minimum Gasteiger partial charge on any atom is -0.292 e. The van der Waals surface area contributed by atoms with E-state index >= 15 is 0 Å². The number of carbonyl (C=O) groups excluding carboxylic acids is 1. The summed E-state index contributed by atoms with van der Waals surface area (Å²) in [4.78, 5) is 11.9. The maximum atomic E-state index is 11.9. The second kappa shape index (κ2) is 4.56. The highest BCUT2D eigenvalue weighted by Gasteiger charge is 2.15. The van der Waals surface area contributed by atoms with Gasteiger partial charge < -0.3 is 0 Å². The van der Waals surface area contributed by atoms with Gasteiger partial charge in [-0.15, -0.1) is 11.6 Å². The molecule has 0 heterocycles. The summed E-state index contributed by atoms with van der Waals surface area (Å²) in [7, 11) is 0. The monoisotopic (exact) mass is 296 g/mol. The van der Waals surface area contributed by atoms with Gasteiger partial charge in [0, 0.05) is 10.0 Å². The van der Waals surface area contributed by atoms with Crippen molar-refractivity contribution < 1.29 is 4.79 Å². The smallest absolute Gasteiger partial charge is 0.180 e. The zero-order valence-corrected chi connectivity index (χ0v) is 11.0. The molecule has 0 fully saturated rings. The van der Waals surface area contributed by atoms with Crippen LogP contribution in [-0.2, 0) is 0 Å². The van der Waals surface area contributed by atoms with E-state index in [0.29, 0.717) is 5.56 Å². The van der Waals surface area contributed by atoms with Crippen molar-refractivity contribution in [3.8, 4) is 0 Å². The third kappa shape index (κ3) is 2.00. The van der Waals surface area contributed by atoms with Crippen molar-refractivity contribution in [2.24, 2.45) is 0 Å². The molecule has 3 heteroatoms. The van der Waals surface area contributed by atoms with E-state index < -0.39 is 5.38 Å². The number of ketones is 1. The third-order valence-corrected chi connectivity index (χ3v) is 3.39. The Hall–Kier alpha value is -0.860. The van der Waals surface area contributed by atoms with Gasteiger partial charge in [-0.2, -0.15) is 0 Å². The van der Waals surface area contributed by atoms with Crippen LogP contribution in [0.5, 0.6) is 0 Å². The molecular formula is C13H10BrClO. The maximum Gasteiger partial charge on any atom is 0.180 e. The van der Waals surface area contributed by atoms with Gasteiger partial charge in [-0.1, -0.05) is 40.2 Å². The molecule has 2 aromatic carbocycles. The van der Waals surface area contributed by atoms with Crippen molar-refractivity contribution in [2.75, 3.05) is 0 Å². The van der Waals surface area contributed by atoms with Gasteiger partial charge in [0.25, 0.3) is 0 Å². The summed E-state index contributed by atoms with van der Waals surface area (Å²) in [5, 5.41) is 1.48. The lowest BCUT2D eigenvalue weighted by Crippen LogP contribution is -2.10. The number of benzene rings is 2. The molecule has 0 saturated carbocycles. The second-order valence-corrected chi connectivity index (χ2v) is 5.13. The summed E-state index contributed by atoms with van der Waals surface area (Å²) in [5.74, 6) is -0.0367. The molecular weight excluding hydrogens is 287 g/mol. The molecule has 82 valence electrons. The van der Waals surface area contributed by atoms with Gasteiger partial charge in [0.1, 0.15) is 0 Å². The highest BCUT2D eigenvalue weighted by Crippen LogP contribution is 2.27. The fourth-order valence-electron chi connectivity index (χ4n) is 1.69. The number of fused-ring (bicyclic) bond motifs is 1. The molecule has 0 amide bonds. The number of hydrogen-bond donors (Lipinski definition) is 0. The largest absolute Gasteiger partial charge is 0.292 e. The first-order valence-electron chi connectivity index (χ1n) is 4.97. The number of hydrogen-bond acceptors (Lipinski definition) is 1. The van der Waals surface area contributed by atoms with Crippen molar-refractivity contribution in [1.29, 1.82) is 0 Å². The third-order valence-electron chi connectivity index (χ3n) is 2.50. The van der Waals surface area contributed by atoms with Gasteiger partial charge in [0.15, 0.2) is 5.78 Å².